The van der Waals surface area contributed by atoms with Crippen LogP contribution in [0, 0.1) is 6.92 Å². The van der Waals surface area contributed by atoms with E-state index in [2.05, 4.69) is 50.2 Å². The highest BCUT2D eigenvalue weighted by molar-refractivity contribution is 7.11. The second-order valence-electron chi connectivity index (χ2n) is 4.77. The summed E-state index contributed by atoms with van der Waals surface area (Å²) >= 11 is 1.92. The lowest BCUT2D eigenvalue weighted by molar-refractivity contribution is 0.701. The number of hydrogen-bond donors (Lipinski definition) is 1. The molecule has 1 unspecified atom stereocenters. The van der Waals surface area contributed by atoms with Crippen LogP contribution in [0.2, 0.25) is 0 Å². The van der Waals surface area contributed by atoms with Crippen LogP contribution in [0.3, 0.4) is 0 Å². The summed E-state index contributed by atoms with van der Waals surface area (Å²) in [4.78, 5) is 2.91. The molecule has 1 nitrogen and oxygen atoms in total. The van der Waals surface area contributed by atoms with E-state index in [0.717, 1.165) is 12.8 Å². The van der Waals surface area contributed by atoms with E-state index in [1.807, 2.05) is 11.3 Å². The van der Waals surface area contributed by atoms with Gasteiger partial charge in [-0.15, -0.1) is 11.3 Å². The number of aryl methyl sites for hydroxylation is 2. The molecule has 0 saturated heterocycles. The SMILES string of the molecule is CCc1ccc(CC(CN)c2ccc(C)cc2)s1. The van der Waals surface area contributed by atoms with Gasteiger partial charge >= 0.3 is 0 Å². The molecule has 0 radical (unpaired) electrons. The highest BCUT2D eigenvalue weighted by Crippen LogP contribution is 2.25. The molecule has 0 saturated carbocycles. The summed E-state index contributed by atoms with van der Waals surface area (Å²) in [5.41, 5.74) is 8.60. The van der Waals surface area contributed by atoms with Crippen LogP contribution in [0.15, 0.2) is 36.4 Å². The molecule has 96 valence electrons. The van der Waals surface area contributed by atoms with Crippen LogP contribution in [-0.2, 0) is 12.8 Å². The van der Waals surface area contributed by atoms with Crippen molar-refractivity contribution < 1.29 is 0 Å². The molecular formula is C16H21NS. The molecule has 1 atom stereocenters. The summed E-state index contributed by atoms with van der Waals surface area (Å²) in [5.74, 6) is 0.439. The van der Waals surface area contributed by atoms with E-state index in [9.17, 15) is 0 Å². The van der Waals surface area contributed by atoms with Gasteiger partial charge in [-0.05, 0) is 44.0 Å². The van der Waals surface area contributed by atoms with Crippen LogP contribution in [-0.4, -0.2) is 6.54 Å². The second-order valence-corrected chi connectivity index (χ2v) is 6.02. The molecule has 2 aromatic rings. The summed E-state index contributed by atoms with van der Waals surface area (Å²) < 4.78 is 0. The van der Waals surface area contributed by atoms with E-state index in [1.165, 1.54) is 20.9 Å². The zero-order valence-electron chi connectivity index (χ0n) is 11.1. The topological polar surface area (TPSA) is 26.0 Å². The lowest BCUT2D eigenvalue weighted by atomic mass is 9.94. The van der Waals surface area contributed by atoms with Gasteiger partial charge in [0.15, 0.2) is 0 Å². The van der Waals surface area contributed by atoms with E-state index < -0.39 is 0 Å². The molecule has 1 heterocycles. The van der Waals surface area contributed by atoms with E-state index in [0.29, 0.717) is 12.5 Å². The quantitative estimate of drug-likeness (QED) is 0.865. The minimum atomic E-state index is 0.439. The Morgan fingerprint density at radius 1 is 1.06 bits per heavy atom. The lowest BCUT2D eigenvalue weighted by Crippen LogP contribution is -2.14. The van der Waals surface area contributed by atoms with Gasteiger partial charge in [-0.3, -0.25) is 0 Å². The van der Waals surface area contributed by atoms with Gasteiger partial charge in [0.2, 0.25) is 0 Å². The van der Waals surface area contributed by atoms with Crippen molar-refractivity contribution in [3.63, 3.8) is 0 Å². The number of hydrogen-bond acceptors (Lipinski definition) is 2. The molecule has 1 aromatic carbocycles. The van der Waals surface area contributed by atoms with Gasteiger partial charge in [-0.25, -0.2) is 0 Å². The molecule has 2 rings (SSSR count). The molecule has 0 aliphatic rings. The molecule has 18 heavy (non-hydrogen) atoms. The Bertz CT molecular complexity index is 484. The van der Waals surface area contributed by atoms with Crippen LogP contribution in [0.25, 0.3) is 0 Å². The second kappa shape index (κ2) is 6.17. The normalized spacial score (nSPS) is 12.6. The zero-order chi connectivity index (χ0) is 13.0. The third-order valence-electron chi connectivity index (χ3n) is 3.35. The van der Waals surface area contributed by atoms with Crippen molar-refractivity contribution in [3.8, 4) is 0 Å². The first kappa shape index (κ1) is 13.3. The maximum atomic E-state index is 5.93. The monoisotopic (exact) mass is 259 g/mol. The van der Waals surface area contributed by atoms with Gasteiger partial charge in [0.25, 0.3) is 0 Å². The van der Waals surface area contributed by atoms with Gasteiger partial charge < -0.3 is 5.73 Å². The molecule has 1 aromatic heterocycles. The van der Waals surface area contributed by atoms with Crippen LogP contribution in [0.1, 0.15) is 33.7 Å². The number of benzene rings is 1. The van der Waals surface area contributed by atoms with Crippen molar-refractivity contribution in [2.45, 2.75) is 32.6 Å². The van der Waals surface area contributed by atoms with E-state index >= 15 is 0 Å². The molecule has 0 fully saturated rings. The number of nitrogens with two attached hydrogens (primary N) is 1. The molecule has 0 aliphatic heterocycles. The predicted molar refractivity (Wildman–Crippen MR) is 80.4 cm³/mol. The molecule has 0 spiro atoms. The van der Waals surface area contributed by atoms with Crippen LogP contribution < -0.4 is 5.73 Å². The fourth-order valence-electron chi connectivity index (χ4n) is 2.14. The minimum Gasteiger partial charge on any atom is -0.330 e. The van der Waals surface area contributed by atoms with E-state index in [1.54, 1.807) is 0 Å². The van der Waals surface area contributed by atoms with Crippen molar-refractivity contribution in [3.05, 3.63) is 57.3 Å². The molecular weight excluding hydrogens is 238 g/mol. The van der Waals surface area contributed by atoms with Gasteiger partial charge in [0.1, 0.15) is 0 Å². The van der Waals surface area contributed by atoms with E-state index in [-0.39, 0.29) is 0 Å². The van der Waals surface area contributed by atoms with E-state index in [4.69, 9.17) is 5.73 Å². The van der Waals surface area contributed by atoms with Gasteiger partial charge in [-0.1, -0.05) is 36.8 Å². The Hall–Kier alpha value is -1.12. The average molecular weight is 259 g/mol. The average Bonchev–Trinajstić information content (AvgIpc) is 2.85. The summed E-state index contributed by atoms with van der Waals surface area (Å²) in [6.07, 6.45) is 2.19. The van der Waals surface area contributed by atoms with Gasteiger partial charge in [0, 0.05) is 15.7 Å². The Balaban J connectivity index is 2.11. The van der Waals surface area contributed by atoms with Crippen molar-refractivity contribution in [2.24, 2.45) is 5.73 Å². The summed E-state index contributed by atoms with van der Waals surface area (Å²) in [5, 5.41) is 0. The first-order valence-corrected chi connectivity index (χ1v) is 7.38. The Morgan fingerprint density at radius 3 is 2.28 bits per heavy atom. The maximum absolute atomic E-state index is 5.93. The highest BCUT2D eigenvalue weighted by atomic mass is 32.1. The largest absolute Gasteiger partial charge is 0.330 e. The standard InChI is InChI=1S/C16H21NS/c1-3-15-8-9-16(18-15)10-14(11-17)13-6-4-12(2)5-7-13/h4-9,14H,3,10-11,17H2,1-2H3. The van der Waals surface area contributed by atoms with Gasteiger partial charge in [-0.2, -0.15) is 0 Å². The molecule has 2 heteroatoms. The van der Waals surface area contributed by atoms with Crippen molar-refractivity contribution in [1.29, 1.82) is 0 Å². The summed E-state index contributed by atoms with van der Waals surface area (Å²) in [6, 6.07) is 13.2. The predicted octanol–water partition coefficient (Wildman–Crippen LogP) is 3.90. The molecule has 2 N–H and O–H groups in total. The van der Waals surface area contributed by atoms with Crippen molar-refractivity contribution >= 4 is 11.3 Å². The van der Waals surface area contributed by atoms with Crippen LogP contribution in [0.4, 0.5) is 0 Å². The minimum absolute atomic E-state index is 0.439. The third kappa shape index (κ3) is 3.21. The molecule has 0 bridgehead atoms. The summed E-state index contributed by atoms with van der Waals surface area (Å²) in [6.45, 7) is 5.03. The van der Waals surface area contributed by atoms with Crippen LogP contribution >= 0.6 is 11.3 Å². The fraction of sp³-hybridized carbons (Fsp3) is 0.375. The van der Waals surface area contributed by atoms with Gasteiger partial charge in [0.05, 0.1) is 0 Å². The number of rotatable bonds is 5. The highest BCUT2D eigenvalue weighted by Gasteiger charge is 2.11. The first-order valence-electron chi connectivity index (χ1n) is 6.57. The molecule has 0 amide bonds. The maximum Gasteiger partial charge on any atom is 0.00547 e. The first-order chi connectivity index (χ1) is 8.72. The molecule has 0 aliphatic carbocycles. The number of thiophene rings is 1. The fourth-order valence-corrected chi connectivity index (χ4v) is 3.18. The summed E-state index contributed by atoms with van der Waals surface area (Å²) in [7, 11) is 0. The Labute approximate surface area is 114 Å². The lowest BCUT2D eigenvalue weighted by Gasteiger charge is -2.14. The van der Waals surface area contributed by atoms with Crippen molar-refractivity contribution in [2.75, 3.05) is 6.54 Å². The third-order valence-corrected chi connectivity index (χ3v) is 4.60. The van der Waals surface area contributed by atoms with Crippen LogP contribution in [0.5, 0.6) is 0 Å². The zero-order valence-corrected chi connectivity index (χ0v) is 12.0. The Kier molecular flexibility index (Phi) is 4.56. The Morgan fingerprint density at radius 2 is 1.72 bits per heavy atom. The smallest absolute Gasteiger partial charge is 0.00547 e. The van der Waals surface area contributed by atoms with Crippen molar-refractivity contribution in [1.82, 2.24) is 0 Å².